The van der Waals surface area contributed by atoms with Crippen LogP contribution in [0.15, 0.2) is 47.1 Å². The lowest BCUT2D eigenvalue weighted by molar-refractivity contribution is -0.272. The van der Waals surface area contributed by atoms with Gasteiger partial charge in [0.2, 0.25) is 0 Å². The number of hydrogen-bond donors (Lipinski definition) is 1. The van der Waals surface area contributed by atoms with Crippen molar-refractivity contribution in [1.29, 1.82) is 0 Å². The first kappa shape index (κ1) is 27.4. The average Bonchev–Trinajstić information content (AvgIpc) is 3.07. The van der Waals surface area contributed by atoms with Crippen LogP contribution in [-0.4, -0.2) is 42.1 Å². The highest BCUT2D eigenvalue weighted by atomic mass is 16.7. The van der Waals surface area contributed by atoms with Crippen LogP contribution in [0.5, 0.6) is 0 Å². The maximum atomic E-state index is 12.6. The van der Waals surface area contributed by atoms with E-state index in [2.05, 4.69) is 32.9 Å². The van der Waals surface area contributed by atoms with Gasteiger partial charge in [-0.3, -0.25) is 0 Å². The van der Waals surface area contributed by atoms with Gasteiger partial charge in [-0.15, -0.1) is 0 Å². The lowest BCUT2D eigenvalue weighted by Gasteiger charge is -2.57. The number of unbranched alkanes of at least 4 members (excludes halogenated alkanes) is 3. The Kier molecular flexibility index (Phi) is 8.81. The molecule has 0 spiro atoms. The molecule has 6 atom stereocenters. The summed E-state index contributed by atoms with van der Waals surface area (Å²) in [6.07, 6.45) is 14.7. The van der Waals surface area contributed by atoms with Gasteiger partial charge in [-0.2, -0.15) is 0 Å². The molecular formula is C29H42O6. The van der Waals surface area contributed by atoms with E-state index in [1.807, 2.05) is 13.0 Å². The van der Waals surface area contributed by atoms with Crippen molar-refractivity contribution in [3.8, 4) is 0 Å². The van der Waals surface area contributed by atoms with Crippen molar-refractivity contribution in [2.75, 3.05) is 7.11 Å². The van der Waals surface area contributed by atoms with Crippen LogP contribution in [0, 0.1) is 17.3 Å². The standard InChI is InChI=1S/C29H42O6/c1-7-8-9-10-11-13-19(2)14-12-15-25(30)34-24-17-16-22-26(31)29(33-6)23(20(3)27(32)35-29)18-28(22,5)21(24)4/h11-15,21-22,24,26,31H,7-10,16-18H2,1-6H3. The summed E-state index contributed by atoms with van der Waals surface area (Å²) in [5, 5.41) is 11.3. The Hall–Kier alpha value is -2.18. The predicted octanol–water partition coefficient (Wildman–Crippen LogP) is 5.57. The van der Waals surface area contributed by atoms with E-state index in [-0.39, 0.29) is 29.3 Å². The molecule has 2 aliphatic carbocycles. The first-order valence-corrected chi connectivity index (χ1v) is 13.0. The van der Waals surface area contributed by atoms with Gasteiger partial charge in [0.15, 0.2) is 0 Å². The molecule has 2 fully saturated rings. The molecule has 1 aliphatic heterocycles. The van der Waals surface area contributed by atoms with E-state index < -0.39 is 17.9 Å². The van der Waals surface area contributed by atoms with E-state index in [4.69, 9.17) is 14.2 Å². The third-order valence-electron chi connectivity index (χ3n) is 8.48. The molecule has 6 unspecified atom stereocenters. The molecule has 0 saturated heterocycles. The van der Waals surface area contributed by atoms with Gasteiger partial charge in [-0.25, -0.2) is 9.59 Å². The highest BCUT2D eigenvalue weighted by Crippen LogP contribution is 2.60. The maximum absolute atomic E-state index is 12.6. The van der Waals surface area contributed by atoms with Crippen molar-refractivity contribution in [3.05, 3.63) is 47.1 Å². The van der Waals surface area contributed by atoms with Crippen molar-refractivity contribution in [2.24, 2.45) is 17.3 Å². The summed E-state index contributed by atoms with van der Waals surface area (Å²) in [5.41, 5.74) is 1.93. The molecule has 0 aromatic heterocycles. The largest absolute Gasteiger partial charge is 0.459 e. The predicted molar refractivity (Wildman–Crippen MR) is 135 cm³/mol. The van der Waals surface area contributed by atoms with E-state index in [1.165, 1.54) is 32.4 Å². The minimum Gasteiger partial charge on any atom is -0.459 e. The molecule has 0 bridgehead atoms. The molecule has 1 N–H and O–H groups in total. The molecule has 3 rings (SSSR count). The fraction of sp³-hybridized carbons (Fsp3) is 0.655. The molecule has 194 valence electrons. The first-order chi connectivity index (χ1) is 16.6. The quantitative estimate of drug-likeness (QED) is 0.199. The molecule has 6 heteroatoms. The Balaban J connectivity index is 1.65. The van der Waals surface area contributed by atoms with Crippen molar-refractivity contribution in [2.45, 2.75) is 97.6 Å². The maximum Gasteiger partial charge on any atom is 0.336 e. The summed E-state index contributed by atoms with van der Waals surface area (Å²) in [5.74, 6) is -2.35. The number of carbonyl (C=O) groups excluding carboxylic acids is 2. The number of allylic oxidation sites excluding steroid dienone is 5. The molecule has 1 heterocycles. The molecule has 0 radical (unpaired) electrons. The number of fused-ring (bicyclic) bond motifs is 2. The van der Waals surface area contributed by atoms with Crippen molar-refractivity contribution in [1.82, 2.24) is 0 Å². The molecule has 6 nitrogen and oxygen atoms in total. The minimum absolute atomic E-state index is 0.0116. The smallest absolute Gasteiger partial charge is 0.336 e. The summed E-state index contributed by atoms with van der Waals surface area (Å²) in [6, 6.07) is 0. The van der Waals surface area contributed by atoms with Crippen molar-refractivity contribution >= 4 is 11.9 Å². The number of aliphatic hydroxyl groups excluding tert-OH is 1. The Morgan fingerprint density at radius 3 is 2.69 bits per heavy atom. The average molecular weight is 487 g/mol. The molecular weight excluding hydrogens is 444 g/mol. The fourth-order valence-corrected chi connectivity index (χ4v) is 6.05. The second-order valence-electron chi connectivity index (χ2n) is 10.6. The van der Waals surface area contributed by atoms with Crippen LogP contribution in [0.25, 0.3) is 0 Å². The molecule has 0 amide bonds. The number of methoxy groups -OCH3 is 1. The van der Waals surface area contributed by atoms with Crippen LogP contribution in [0.1, 0.15) is 79.6 Å². The zero-order chi connectivity index (χ0) is 25.8. The number of ether oxygens (including phenoxy) is 3. The SMILES string of the molecule is CCCCCC=CC(C)=CC=CC(=O)OC1CCC2C(O)C3(OC)OC(=O)C(C)=C3CC2(C)C1C. The van der Waals surface area contributed by atoms with Gasteiger partial charge in [0.1, 0.15) is 12.2 Å². The highest BCUT2D eigenvalue weighted by molar-refractivity contribution is 5.92. The minimum atomic E-state index is -1.40. The van der Waals surface area contributed by atoms with E-state index in [0.29, 0.717) is 30.4 Å². The first-order valence-electron chi connectivity index (χ1n) is 13.0. The molecule has 2 saturated carbocycles. The summed E-state index contributed by atoms with van der Waals surface area (Å²) >= 11 is 0. The van der Waals surface area contributed by atoms with Crippen molar-refractivity contribution < 1.29 is 28.9 Å². The van der Waals surface area contributed by atoms with Crippen LogP contribution in [-0.2, 0) is 23.8 Å². The lowest BCUT2D eigenvalue weighted by Crippen LogP contribution is -2.62. The Labute approximate surface area is 210 Å². The molecule has 3 aliphatic rings. The summed E-state index contributed by atoms with van der Waals surface area (Å²) in [6.45, 7) is 10.1. The molecule has 35 heavy (non-hydrogen) atoms. The summed E-state index contributed by atoms with van der Waals surface area (Å²) in [4.78, 5) is 24.9. The summed E-state index contributed by atoms with van der Waals surface area (Å²) < 4.78 is 17.1. The Morgan fingerprint density at radius 2 is 2.00 bits per heavy atom. The van der Waals surface area contributed by atoms with Crippen LogP contribution in [0.2, 0.25) is 0 Å². The Bertz CT molecular complexity index is 927. The fourth-order valence-electron chi connectivity index (χ4n) is 6.05. The van der Waals surface area contributed by atoms with Gasteiger partial charge >= 0.3 is 11.9 Å². The van der Waals surface area contributed by atoms with Gasteiger partial charge in [-0.1, -0.05) is 63.5 Å². The normalized spacial score (nSPS) is 35.4. The van der Waals surface area contributed by atoms with E-state index in [9.17, 15) is 14.7 Å². The number of aliphatic hydroxyl groups is 1. The van der Waals surface area contributed by atoms with Crippen LogP contribution >= 0.6 is 0 Å². The lowest BCUT2D eigenvalue weighted by atomic mass is 9.52. The number of rotatable bonds is 9. The zero-order valence-corrected chi connectivity index (χ0v) is 22.1. The van der Waals surface area contributed by atoms with Crippen molar-refractivity contribution in [3.63, 3.8) is 0 Å². The highest BCUT2D eigenvalue weighted by Gasteiger charge is 2.65. The van der Waals surface area contributed by atoms with Gasteiger partial charge in [0.05, 0.1) is 0 Å². The van der Waals surface area contributed by atoms with Crippen LogP contribution in [0.4, 0.5) is 0 Å². The molecule has 0 aromatic rings. The molecule has 0 aromatic carbocycles. The van der Waals surface area contributed by atoms with Crippen LogP contribution < -0.4 is 0 Å². The summed E-state index contributed by atoms with van der Waals surface area (Å²) in [7, 11) is 1.47. The third-order valence-corrected chi connectivity index (χ3v) is 8.48. The van der Waals surface area contributed by atoms with Gasteiger partial charge in [0.25, 0.3) is 5.79 Å². The number of hydrogen-bond acceptors (Lipinski definition) is 6. The van der Waals surface area contributed by atoms with E-state index >= 15 is 0 Å². The topological polar surface area (TPSA) is 82.1 Å². The zero-order valence-electron chi connectivity index (χ0n) is 22.1. The number of esters is 2. The third kappa shape index (κ3) is 5.34. The van der Waals surface area contributed by atoms with E-state index in [0.717, 1.165) is 12.0 Å². The monoisotopic (exact) mass is 486 g/mol. The van der Waals surface area contributed by atoms with Gasteiger partial charge in [-0.05, 0) is 63.2 Å². The second kappa shape index (κ2) is 11.3. The van der Waals surface area contributed by atoms with Gasteiger partial charge < -0.3 is 19.3 Å². The Morgan fingerprint density at radius 1 is 1.26 bits per heavy atom. The number of carbonyl (C=O) groups is 2. The van der Waals surface area contributed by atoms with Crippen LogP contribution in [0.3, 0.4) is 0 Å². The van der Waals surface area contributed by atoms with Gasteiger partial charge in [0, 0.05) is 24.3 Å². The second-order valence-corrected chi connectivity index (χ2v) is 10.6. The van der Waals surface area contributed by atoms with E-state index in [1.54, 1.807) is 13.0 Å².